The minimum Gasteiger partial charge on any atom is -0.370 e. The molecule has 0 aromatic carbocycles. The lowest BCUT2D eigenvalue weighted by molar-refractivity contribution is -0.130. The number of fused-ring (bicyclic) bond motifs is 4. The largest absolute Gasteiger partial charge is 0.370 e. The highest BCUT2D eigenvalue weighted by Gasteiger charge is 2.31. The molecule has 3 aromatic rings. The molecule has 0 bridgehead atoms. The molecule has 0 saturated carbocycles. The molecular formula is C21H24N4O3S. The van der Waals surface area contributed by atoms with Crippen molar-refractivity contribution < 1.29 is 9.53 Å². The third-order valence-corrected chi connectivity index (χ3v) is 7.31. The summed E-state index contributed by atoms with van der Waals surface area (Å²) in [6.45, 7) is 6.37. The van der Waals surface area contributed by atoms with E-state index in [0.717, 1.165) is 60.2 Å². The number of carbonyl (C=O) groups is 1. The molecule has 8 heteroatoms. The van der Waals surface area contributed by atoms with E-state index in [1.807, 2.05) is 4.90 Å². The van der Waals surface area contributed by atoms with Crippen molar-refractivity contribution in [2.24, 2.45) is 0 Å². The second kappa shape index (κ2) is 6.88. The van der Waals surface area contributed by atoms with Crippen LogP contribution in [0.5, 0.6) is 0 Å². The van der Waals surface area contributed by atoms with E-state index in [9.17, 15) is 9.59 Å². The lowest BCUT2D eigenvalue weighted by Crippen LogP contribution is -2.35. The Morgan fingerprint density at radius 1 is 1.34 bits per heavy atom. The quantitative estimate of drug-likeness (QED) is 0.661. The minimum absolute atomic E-state index is 0.0172. The summed E-state index contributed by atoms with van der Waals surface area (Å²) < 4.78 is 8.04. The summed E-state index contributed by atoms with van der Waals surface area (Å²) in [7, 11) is 0. The van der Waals surface area contributed by atoms with Crippen LogP contribution in [0.2, 0.25) is 0 Å². The first-order valence-corrected chi connectivity index (χ1v) is 11.0. The molecule has 1 amide bonds. The average molecular weight is 413 g/mol. The van der Waals surface area contributed by atoms with E-state index in [-0.39, 0.29) is 23.6 Å². The van der Waals surface area contributed by atoms with Crippen LogP contribution in [0.3, 0.4) is 0 Å². The smallest absolute Gasteiger partial charge is 0.271 e. The highest BCUT2D eigenvalue weighted by molar-refractivity contribution is 7.25. The molecule has 2 aliphatic heterocycles. The number of thiophene rings is 1. The van der Waals surface area contributed by atoms with Crippen molar-refractivity contribution in [2.75, 3.05) is 13.1 Å². The molecule has 0 unspecified atom stereocenters. The molecule has 0 radical (unpaired) electrons. The molecule has 0 spiro atoms. The molecule has 0 N–H and O–H groups in total. The van der Waals surface area contributed by atoms with Crippen LogP contribution in [0.25, 0.3) is 20.4 Å². The van der Waals surface area contributed by atoms with E-state index in [0.29, 0.717) is 16.8 Å². The molecule has 5 heterocycles. The molecule has 1 saturated heterocycles. The normalized spacial score (nSPS) is 21.8. The zero-order chi connectivity index (χ0) is 20.2. The first kappa shape index (κ1) is 18.7. The fourth-order valence-electron chi connectivity index (χ4n) is 4.16. The van der Waals surface area contributed by atoms with Gasteiger partial charge in [0.15, 0.2) is 0 Å². The van der Waals surface area contributed by atoms with Gasteiger partial charge in [-0.3, -0.25) is 14.2 Å². The number of carbonyl (C=O) groups excluding carboxylic acids is 1. The first-order valence-electron chi connectivity index (χ1n) is 10.2. The Morgan fingerprint density at radius 2 is 2.14 bits per heavy atom. The van der Waals surface area contributed by atoms with Crippen molar-refractivity contribution in [2.45, 2.75) is 58.3 Å². The second-order valence-electron chi connectivity index (χ2n) is 8.26. The average Bonchev–Trinajstić information content (AvgIpc) is 3.37. The van der Waals surface area contributed by atoms with Crippen LogP contribution in [-0.2, 0) is 29.1 Å². The maximum absolute atomic E-state index is 13.0. The second-order valence-corrected chi connectivity index (χ2v) is 9.26. The van der Waals surface area contributed by atoms with Crippen molar-refractivity contribution >= 4 is 37.7 Å². The third-order valence-electron chi connectivity index (χ3n) is 6.24. The zero-order valence-corrected chi connectivity index (χ0v) is 17.5. The van der Waals surface area contributed by atoms with Crippen LogP contribution in [0.4, 0.5) is 0 Å². The summed E-state index contributed by atoms with van der Waals surface area (Å²) in [6.07, 6.45) is 5.26. The monoisotopic (exact) mass is 412 g/mol. The number of pyridine rings is 1. The summed E-state index contributed by atoms with van der Waals surface area (Å²) >= 11 is 1.37. The van der Waals surface area contributed by atoms with Crippen molar-refractivity contribution in [3.63, 3.8) is 0 Å². The van der Waals surface area contributed by atoms with Gasteiger partial charge in [0.25, 0.3) is 5.56 Å². The lowest BCUT2D eigenvalue weighted by Gasteiger charge is -2.33. The topological polar surface area (TPSA) is 77.3 Å². The van der Waals surface area contributed by atoms with E-state index in [1.54, 1.807) is 0 Å². The van der Waals surface area contributed by atoms with Gasteiger partial charge in [-0.15, -0.1) is 11.3 Å². The molecular weight excluding hydrogens is 388 g/mol. The van der Waals surface area contributed by atoms with E-state index in [2.05, 4.69) is 24.9 Å². The van der Waals surface area contributed by atoms with Crippen LogP contribution in [0, 0.1) is 0 Å². The SMILES string of the molecule is CC[C@@]1(C)Cc2nc3sc4c(=O)n(CC(=O)N5CCCC5)cnc4c3cc2CO1. The van der Waals surface area contributed by atoms with Crippen LogP contribution < -0.4 is 5.56 Å². The summed E-state index contributed by atoms with van der Waals surface area (Å²) in [5.74, 6) is -0.0172. The summed E-state index contributed by atoms with van der Waals surface area (Å²) in [6, 6.07) is 2.07. The van der Waals surface area contributed by atoms with Gasteiger partial charge in [-0.2, -0.15) is 0 Å². The van der Waals surface area contributed by atoms with E-state index in [1.165, 1.54) is 22.2 Å². The molecule has 1 atom stereocenters. The predicted octanol–water partition coefficient (Wildman–Crippen LogP) is 2.87. The standard InChI is InChI=1S/C21H24N4O3S/c1-3-21(2)9-15-13(11-28-21)8-14-17-18(29-19(14)23-15)20(27)25(12-22-17)10-16(26)24-6-4-5-7-24/h8,12H,3-7,9-11H2,1-2H3/t21-/m0/s1. The Labute approximate surface area is 172 Å². The minimum atomic E-state index is -0.189. The van der Waals surface area contributed by atoms with Crippen molar-refractivity contribution in [1.82, 2.24) is 19.4 Å². The van der Waals surface area contributed by atoms with Gasteiger partial charge >= 0.3 is 0 Å². The number of aromatic nitrogens is 3. The van der Waals surface area contributed by atoms with Gasteiger partial charge in [-0.05, 0) is 32.3 Å². The van der Waals surface area contributed by atoms with Gasteiger partial charge in [0.1, 0.15) is 16.1 Å². The lowest BCUT2D eigenvalue weighted by atomic mass is 9.91. The van der Waals surface area contributed by atoms with Crippen LogP contribution in [0.15, 0.2) is 17.2 Å². The van der Waals surface area contributed by atoms with Gasteiger partial charge in [-0.25, -0.2) is 9.97 Å². The maximum atomic E-state index is 13.0. The molecule has 29 heavy (non-hydrogen) atoms. The Balaban J connectivity index is 1.54. The fourth-order valence-corrected chi connectivity index (χ4v) is 5.24. The van der Waals surface area contributed by atoms with Gasteiger partial charge < -0.3 is 9.64 Å². The summed E-state index contributed by atoms with van der Waals surface area (Å²) in [4.78, 5) is 37.5. The molecule has 5 rings (SSSR count). The van der Waals surface area contributed by atoms with E-state index >= 15 is 0 Å². The maximum Gasteiger partial charge on any atom is 0.271 e. The fraction of sp³-hybridized carbons (Fsp3) is 0.524. The molecule has 7 nitrogen and oxygen atoms in total. The Hall–Kier alpha value is -2.32. The Bertz CT molecular complexity index is 1180. The van der Waals surface area contributed by atoms with E-state index in [4.69, 9.17) is 9.72 Å². The molecule has 3 aromatic heterocycles. The van der Waals surface area contributed by atoms with Gasteiger partial charge in [-0.1, -0.05) is 6.92 Å². The van der Waals surface area contributed by atoms with Gasteiger partial charge in [0.05, 0.1) is 29.7 Å². The number of nitrogens with zero attached hydrogens (tertiary/aromatic N) is 4. The summed E-state index contributed by atoms with van der Waals surface area (Å²) in [5, 5.41) is 0.891. The van der Waals surface area contributed by atoms with Gasteiger partial charge in [0.2, 0.25) is 5.91 Å². The Morgan fingerprint density at radius 3 is 2.90 bits per heavy atom. The van der Waals surface area contributed by atoms with Gasteiger partial charge in [0, 0.05) is 30.5 Å². The van der Waals surface area contributed by atoms with Crippen molar-refractivity contribution in [3.05, 3.63) is 34.0 Å². The number of amides is 1. The zero-order valence-electron chi connectivity index (χ0n) is 16.7. The van der Waals surface area contributed by atoms with Crippen molar-refractivity contribution in [1.29, 1.82) is 0 Å². The Kier molecular flexibility index (Phi) is 4.43. The third kappa shape index (κ3) is 3.14. The number of hydrogen-bond acceptors (Lipinski definition) is 6. The van der Waals surface area contributed by atoms with Crippen LogP contribution in [-0.4, -0.2) is 44.0 Å². The number of rotatable bonds is 3. The highest BCUT2D eigenvalue weighted by Crippen LogP contribution is 2.35. The number of ether oxygens (including phenoxy) is 1. The summed E-state index contributed by atoms with van der Waals surface area (Å²) in [5.41, 5.74) is 2.42. The molecule has 1 fully saturated rings. The molecule has 152 valence electrons. The molecule has 0 aliphatic carbocycles. The highest BCUT2D eigenvalue weighted by atomic mass is 32.1. The first-order chi connectivity index (χ1) is 14.0. The van der Waals surface area contributed by atoms with Crippen LogP contribution >= 0.6 is 11.3 Å². The predicted molar refractivity (Wildman–Crippen MR) is 112 cm³/mol. The molecule has 2 aliphatic rings. The van der Waals surface area contributed by atoms with E-state index < -0.39 is 0 Å². The number of hydrogen-bond donors (Lipinski definition) is 0. The van der Waals surface area contributed by atoms with Crippen molar-refractivity contribution in [3.8, 4) is 0 Å². The number of likely N-dealkylation sites (tertiary alicyclic amines) is 1. The van der Waals surface area contributed by atoms with Crippen LogP contribution in [0.1, 0.15) is 44.4 Å².